The van der Waals surface area contributed by atoms with Crippen molar-refractivity contribution >= 4 is 11.6 Å². The molecule has 1 aliphatic rings. The highest BCUT2D eigenvalue weighted by Gasteiger charge is 2.29. The fourth-order valence-electron chi connectivity index (χ4n) is 2.76. The number of hydrogen-bond acceptors (Lipinski definition) is 3. The molecule has 0 unspecified atom stereocenters. The lowest BCUT2D eigenvalue weighted by Crippen LogP contribution is -3.19. The van der Waals surface area contributed by atoms with E-state index in [4.69, 9.17) is 4.74 Å². The van der Waals surface area contributed by atoms with Gasteiger partial charge in [0.25, 0.3) is 5.91 Å². The molecule has 20 heavy (non-hydrogen) atoms. The number of nitrogens with zero attached hydrogens (tertiary/aromatic N) is 1. The van der Waals surface area contributed by atoms with Crippen molar-refractivity contribution in [3.63, 3.8) is 0 Å². The van der Waals surface area contributed by atoms with E-state index in [2.05, 4.69) is 16.3 Å². The minimum Gasteiger partial charge on any atom is -0.495 e. The molecule has 2 N–H and O–H groups in total. The summed E-state index contributed by atoms with van der Waals surface area (Å²) in [5, 5.41) is 2.73. The molecule has 5 heteroatoms. The second-order valence-corrected chi connectivity index (χ2v) is 5.15. The van der Waals surface area contributed by atoms with E-state index in [0.717, 1.165) is 37.6 Å². The van der Waals surface area contributed by atoms with Crippen molar-refractivity contribution in [3.8, 4) is 5.75 Å². The van der Waals surface area contributed by atoms with Gasteiger partial charge < -0.3 is 19.9 Å². The molecule has 1 saturated heterocycles. The van der Waals surface area contributed by atoms with Gasteiger partial charge in [0.1, 0.15) is 5.75 Å². The third kappa shape index (κ3) is 3.04. The standard InChI is InChI=1S/C15H23N3O2/c1-12(15(19)16-2)17-8-10-18(11-9-17)13-6-4-5-7-14(13)20-3/h4-7,12H,8-11H2,1-3H3,(H,16,19)/p+1/t12-/m1/s1. The van der Waals surface area contributed by atoms with Crippen LogP contribution in [-0.4, -0.2) is 52.3 Å². The lowest BCUT2D eigenvalue weighted by atomic mass is 10.2. The number of carbonyl (C=O) groups excluding carboxylic acids is 1. The fourth-order valence-corrected chi connectivity index (χ4v) is 2.76. The van der Waals surface area contributed by atoms with E-state index in [1.807, 2.05) is 25.1 Å². The second kappa shape index (κ2) is 6.61. The van der Waals surface area contributed by atoms with Crippen LogP contribution < -0.4 is 19.9 Å². The number of benzene rings is 1. The number of anilines is 1. The first-order valence-corrected chi connectivity index (χ1v) is 7.11. The van der Waals surface area contributed by atoms with Crippen LogP contribution in [0.25, 0.3) is 0 Å². The van der Waals surface area contributed by atoms with Crippen LogP contribution in [0.5, 0.6) is 5.75 Å². The molecule has 2 rings (SSSR count). The maximum absolute atomic E-state index is 11.7. The molecular weight excluding hydrogens is 254 g/mol. The van der Waals surface area contributed by atoms with Gasteiger partial charge in [-0.1, -0.05) is 12.1 Å². The van der Waals surface area contributed by atoms with Crippen LogP contribution in [0.1, 0.15) is 6.92 Å². The Labute approximate surface area is 120 Å². The summed E-state index contributed by atoms with van der Waals surface area (Å²) in [5.74, 6) is 1.03. The molecular formula is C15H24N3O2+. The number of amides is 1. The molecule has 0 spiro atoms. The van der Waals surface area contributed by atoms with Gasteiger partial charge in [0.2, 0.25) is 0 Å². The van der Waals surface area contributed by atoms with Crippen molar-refractivity contribution in [3.05, 3.63) is 24.3 Å². The van der Waals surface area contributed by atoms with Crippen LogP contribution in [0.15, 0.2) is 24.3 Å². The van der Waals surface area contributed by atoms with Gasteiger partial charge in [0.15, 0.2) is 6.04 Å². The number of para-hydroxylation sites is 2. The van der Waals surface area contributed by atoms with Crippen molar-refractivity contribution in [1.29, 1.82) is 0 Å². The number of carbonyl (C=O) groups is 1. The Morgan fingerprint density at radius 3 is 2.60 bits per heavy atom. The fraction of sp³-hybridized carbons (Fsp3) is 0.533. The van der Waals surface area contributed by atoms with E-state index in [-0.39, 0.29) is 11.9 Å². The Bertz CT molecular complexity index is 456. The first kappa shape index (κ1) is 14.7. The Balaban J connectivity index is 1.99. The predicted molar refractivity (Wildman–Crippen MR) is 79.4 cm³/mol. The second-order valence-electron chi connectivity index (χ2n) is 5.15. The van der Waals surface area contributed by atoms with Crippen molar-refractivity contribution < 1.29 is 14.4 Å². The number of hydrogen-bond donors (Lipinski definition) is 2. The van der Waals surface area contributed by atoms with Gasteiger partial charge in [-0.15, -0.1) is 0 Å². The van der Waals surface area contributed by atoms with Gasteiger partial charge >= 0.3 is 0 Å². The van der Waals surface area contributed by atoms with Crippen molar-refractivity contribution in [2.24, 2.45) is 0 Å². The third-order valence-corrected chi connectivity index (χ3v) is 4.08. The molecule has 1 aliphatic heterocycles. The van der Waals surface area contributed by atoms with Crippen molar-refractivity contribution in [2.75, 3.05) is 45.2 Å². The van der Waals surface area contributed by atoms with Gasteiger partial charge in [-0.05, 0) is 19.1 Å². The largest absolute Gasteiger partial charge is 0.495 e. The molecule has 110 valence electrons. The number of nitrogens with one attached hydrogen (secondary N) is 2. The quantitative estimate of drug-likeness (QED) is 0.783. The molecule has 1 fully saturated rings. The third-order valence-electron chi connectivity index (χ3n) is 4.08. The van der Waals surface area contributed by atoms with E-state index in [0.29, 0.717) is 0 Å². The predicted octanol–water partition coefficient (Wildman–Crippen LogP) is -0.465. The van der Waals surface area contributed by atoms with Crippen LogP contribution >= 0.6 is 0 Å². The van der Waals surface area contributed by atoms with Crippen LogP contribution in [0.3, 0.4) is 0 Å². The maximum atomic E-state index is 11.7. The van der Waals surface area contributed by atoms with Crippen LogP contribution in [0, 0.1) is 0 Å². The maximum Gasteiger partial charge on any atom is 0.277 e. The summed E-state index contributed by atoms with van der Waals surface area (Å²) in [6, 6.07) is 8.11. The smallest absolute Gasteiger partial charge is 0.277 e. The number of rotatable bonds is 4. The summed E-state index contributed by atoms with van der Waals surface area (Å²) in [4.78, 5) is 15.4. The molecule has 0 radical (unpaired) electrons. The highest BCUT2D eigenvalue weighted by molar-refractivity contribution is 5.79. The lowest BCUT2D eigenvalue weighted by molar-refractivity contribution is -0.914. The van der Waals surface area contributed by atoms with E-state index < -0.39 is 0 Å². The van der Waals surface area contributed by atoms with Gasteiger partial charge in [-0.25, -0.2) is 0 Å². The van der Waals surface area contributed by atoms with Crippen LogP contribution in [-0.2, 0) is 4.79 Å². The molecule has 1 heterocycles. The Kier molecular flexibility index (Phi) is 4.84. The van der Waals surface area contributed by atoms with Crippen molar-refractivity contribution in [1.82, 2.24) is 5.32 Å². The topological polar surface area (TPSA) is 46.0 Å². The number of methoxy groups -OCH3 is 1. The summed E-state index contributed by atoms with van der Waals surface area (Å²) in [6.45, 7) is 5.81. The van der Waals surface area contributed by atoms with E-state index in [1.165, 1.54) is 4.90 Å². The van der Waals surface area contributed by atoms with Crippen LogP contribution in [0.2, 0.25) is 0 Å². The molecule has 1 atom stereocenters. The average molecular weight is 278 g/mol. The average Bonchev–Trinajstić information content (AvgIpc) is 2.53. The highest BCUT2D eigenvalue weighted by Crippen LogP contribution is 2.27. The zero-order chi connectivity index (χ0) is 14.5. The van der Waals surface area contributed by atoms with Gasteiger partial charge in [-0.3, -0.25) is 4.79 Å². The summed E-state index contributed by atoms with van der Waals surface area (Å²) in [7, 11) is 3.40. The Morgan fingerprint density at radius 2 is 2.00 bits per heavy atom. The molecule has 1 aromatic rings. The minimum atomic E-state index is 0.0137. The van der Waals surface area contributed by atoms with E-state index in [1.54, 1.807) is 14.2 Å². The summed E-state index contributed by atoms with van der Waals surface area (Å²) >= 11 is 0. The van der Waals surface area contributed by atoms with E-state index in [9.17, 15) is 4.79 Å². The summed E-state index contributed by atoms with van der Waals surface area (Å²) < 4.78 is 5.42. The van der Waals surface area contributed by atoms with Gasteiger partial charge in [0.05, 0.1) is 39.0 Å². The molecule has 0 bridgehead atoms. The van der Waals surface area contributed by atoms with E-state index >= 15 is 0 Å². The summed E-state index contributed by atoms with van der Waals surface area (Å²) in [5.41, 5.74) is 1.14. The first-order chi connectivity index (χ1) is 9.67. The molecule has 1 aromatic carbocycles. The molecule has 5 nitrogen and oxygen atoms in total. The van der Waals surface area contributed by atoms with Crippen molar-refractivity contribution in [2.45, 2.75) is 13.0 Å². The number of ether oxygens (including phenoxy) is 1. The SMILES string of the molecule is CNC(=O)[C@@H](C)[NH+]1CCN(c2ccccc2OC)CC1. The molecule has 0 aliphatic carbocycles. The zero-order valence-corrected chi connectivity index (χ0v) is 12.5. The first-order valence-electron chi connectivity index (χ1n) is 7.11. The van der Waals surface area contributed by atoms with Crippen LogP contribution in [0.4, 0.5) is 5.69 Å². The number of quaternary nitrogens is 1. The van der Waals surface area contributed by atoms with Gasteiger partial charge in [0, 0.05) is 7.05 Å². The Hall–Kier alpha value is -1.75. The van der Waals surface area contributed by atoms with Gasteiger partial charge in [-0.2, -0.15) is 0 Å². The number of piperazine rings is 1. The Morgan fingerprint density at radius 1 is 1.35 bits per heavy atom. The molecule has 0 aromatic heterocycles. The number of likely N-dealkylation sites (N-methyl/N-ethyl adjacent to an activating group) is 1. The zero-order valence-electron chi connectivity index (χ0n) is 12.5. The monoisotopic (exact) mass is 278 g/mol. The normalized spacial score (nSPS) is 17.6. The highest BCUT2D eigenvalue weighted by atomic mass is 16.5. The minimum absolute atomic E-state index is 0.0137. The molecule has 0 saturated carbocycles. The molecule has 1 amide bonds. The lowest BCUT2D eigenvalue weighted by Gasteiger charge is -2.36. The summed E-state index contributed by atoms with van der Waals surface area (Å²) in [6.07, 6.45) is 0.